The molecule has 12 heteroatoms. The van der Waals surface area contributed by atoms with Crippen molar-refractivity contribution in [1.82, 2.24) is 26.2 Å². The number of halogens is 2. The molecule has 3 atom stereocenters. The highest BCUT2D eigenvalue weighted by atomic mass is 35.5. The lowest BCUT2D eigenvalue weighted by molar-refractivity contribution is -0.145. The van der Waals surface area contributed by atoms with Gasteiger partial charge in [-0.25, -0.2) is 9.40 Å². The monoisotopic (exact) mass is 445 g/mol. The van der Waals surface area contributed by atoms with E-state index in [1.54, 1.807) is 6.92 Å². The normalized spacial score (nSPS) is 17.9. The molecule has 1 fully saturated rings. The first-order chi connectivity index (χ1) is 14.1. The van der Waals surface area contributed by atoms with E-state index >= 15 is 0 Å². The largest absolute Gasteiger partial charge is 0.361 e. The average molecular weight is 446 g/mol. The molecule has 166 valence electrons. The van der Waals surface area contributed by atoms with Crippen LogP contribution in [-0.2, 0) is 14.4 Å². The van der Waals surface area contributed by atoms with Gasteiger partial charge >= 0.3 is 0 Å². The molecule has 1 aromatic heterocycles. The SMILES string of the molecule is Cc1cc(C(=O)NC(CC(C)C)C(=O)NN(CC2CCNC2=O)C(=O)C(F)Cl)no1. The van der Waals surface area contributed by atoms with Gasteiger partial charge in [0, 0.05) is 12.6 Å². The molecule has 0 aromatic carbocycles. The Morgan fingerprint density at radius 1 is 1.43 bits per heavy atom. The second kappa shape index (κ2) is 10.4. The van der Waals surface area contributed by atoms with Crippen molar-refractivity contribution < 1.29 is 28.1 Å². The predicted molar refractivity (Wildman–Crippen MR) is 104 cm³/mol. The van der Waals surface area contributed by atoms with Crippen molar-refractivity contribution in [2.24, 2.45) is 11.8 Å². The van der Waals surface area contributed by atoms with Crippen molar-refractivity contribution in [3.8, 4) is 0 Å². The second-order valence-corrected chi connectivity index (χ2v) is 7.86. The molecule has 0 spiro atoms. The highest BCUT2D eigenvalue weighted by molar-refractivity contribution is 6.29. The number of carbonyl (C=O) groups is 4. The lowest BCUT2D eigenvalue weighted by Crippen LogP contribution is -2.57. The summed E-state index contributed by atoms with van der Waals surface area (Å²) in [5.41, 5.74) is -0.108. The Bertz CT molecular complexity index is 800. The quantitative estimate of drug-likeness (QED) is 0.397. The van der Waals surface area contributed by atoms with E-state index < -0.39 is 35.3 Å². The number of hydrazine groups is 1. The average Bonchev–Trinajstić information content (AvgIpc) is 3.27. The number of hydrogen-bond donors (Lipinski definition) is 3. The molecule has 4 amide bonds. The molecule has 0 saturated carbocycles. The van der Waals surface area contributed by atoms with Gasteiger partial charge < -0.3 is 15.2 Å². The fraction of sp³-hybridized carbons (Fsp3) is 0.611. The van der Waals surface area contributed by atoms with Crippen LogP contribution < -0.4 is 16.1 Å². The zero-order valence-electron chi connectivity index (χ0n) is 16.9. The Kier molecular flexibility index (Phi) is 8.16. The van der Waals surface area contributed by atoms with Gasteiger partial charge in [0.05, 0.1) is 12.5 Å². The molecule has 10 nitrogen and oxygen atoms in total. The molecule has 1 aromatic rings. The van der Waals surface area contributed by atoms with Crippen LogP contribution in [0.2, 0.25) is 0 Å². The van der Waals surface area contributed by atoms with E-state index in [2.05, 4.69) is 21.2 Å². The smallest absolute Gasteiger partial charge is 0.291 e. The standard InChI is InChI=1S/C18H25ClFN5O5/c1-9(2)6-12(22-16(27)13-7-10(3)30-24-13)17(28)23-25(18(29)14(19)20)8-11-4-5-21-15(11)26/h7,9,11-12,14H,4-6,8H2,1-3H3,(H,21,26)(H,22,27)(H,23,28). The molecule has 1 aliphatic rings. The number of nitrogens with zero attached hydrogens (tertiary/aromatic N) is 2. The van der Waals surface area contributed by atoms with E-state index in [1.165, 1.54) is 6.07 Å². The maximum atomic E-state index is 13.4. The van der Waals surface area contributed by atoms with Gasteiger partial charge in [-0.15, -0.1) is 0 Å². The minimum Gasteiger partial charge on any atom is -0.361 e. The minimum atomic E-state index is -2.40. The van der Waals surface area contributed by atoms with Crippen LogP contribution in [0.5, 0.6) is 0 Å². The van der Waals surface area contributed by atoms with Crippen molar-refractivity contribution >= 4 is 35.2 Å². The lowest BCUT2D eigenvalue weighted by atomic mass is 10.0. The first-order valence-electron chi connectivity index (χ1n) is 9.50. The van der Waals surface area contributed by atoms with Crippen molar-refractivity contribution in [3.05, 3.63) is 17.5 Å². The third-order valence-corrected chi connectivity index (χ3v) is 4.64. The van der Waals surface area contributed by atoms with Gasteiger partial charge in [0.2, 0.25) is 5.91 Å². The summed E-state index contributed by atoms with van der Waals surface area (Å²) in [7, 11) is 0. The van der Waals surface area contributed by atoms with Gasteiger partial charge in [0.25, 0.3) is 23.4 Å². The number of aromatic nitrogens is 1. The van der Waals surface area contributed by atoms with Crippen LogP contribution in [0.3, 0.4) is 0 Å². The Labute approximate surface area is 177 Å². The number of rotatable bonds is 8. The maximum Gasteiger partial charge on any atom is 0.291 e. The topological polar surface area (TPSA) is 134 Å². The van der Waals surface area contributed by atoms with Gasteiger partial charge in [0.1, 0.15) is 11.8 Å². The number of alkyl halides is 2. The molecule has 1 saturated heterocycles. The molecular formula is C18H25ClFN5O5. The van der Waals surface area contributed by atoms with E-state index in [9.17, 15) is 23.6 Å². The van der Waals surface area contributed by atoms with E-state index in [0.29, 0.717) is 23.7 Å². The Hall–Kier alpha value is -2.69. The molecule has 30 heavy (non-hydrogen) atoms. The summed E-state index contributed by atoms with van der Waals surface area (Å²) in [6, 6.07) is 0.366. The number of hydrogen-bond acceptors (Lipinski definition) is 6. The van der Waals surface area contributed by atoms with Gasteiger partial charge in [-0.1, -0.05) is 30.6 Å². The number of nitrogens with one attached hydrogen (secondary N) is 3. The molecule has 0 radical (unpaired) electrons. The summed E-state index contributed by atoms with van der Waals surface area (Å²) in [6.07, 6.45) is 0.662. The predicted octanol–water partition coefficient (Wildman–Crippen LogP) is 0.658. The van der Waals surface area contributed by atoms with E-state index in [1.807, 2.05) is 13.8 Å². The highest BCUT2D eigenvalue weighted by Gasteiger charge is 2.33. The number of amides is 4. The van der Waals surface area contributed by atoms with Crippen molar-refractivity contribution in [2.75, 3.05) is 13.1 Å². The molecule has 1 aliphatic heterocycles. The molecule has 3 N–H and O–H groups in total. The zero-order chi connectivity index (χ0) is 22.4. The molecule has 3 unspecified atom stereocenters. The second-order valence-electron chi connectivity index (χ2n) is 7.48. The molecular weight excluding hydrogens is 421 g/mol. The van der Waals surface area contributed by atoms with Crippen LogP contribution in [0.15, 0.2) is 10.6 Å². The van der Waals surface area contributed by atoms with E-state index in [-0.39, 0.29) is 30.5 Å². The Balaban J connectivity index is 2.13. The minimum absolute atomic E-state index is 0.00537. The van der Waals surface area contributed by atoms with Gasteiger partial charge in [0.15, 0.2) is 5.69 Å². The van der Waals surface area contributed by atoms with Gasteiger partial charge in [-0.05, 0) is 25.7 Å². The van der Waals surface area contributed by atoms with Crippen LogP contribution >= 0.6 is 11.6 Å². The Morgan fingerprint density at radius 2 is 2.13 bits per heavy atom. The molecule has 2 heterocycles. The van der Waals surface area contributed by atoms with Crippen LogP contribution in [-0.4, -0.2) is 58.6 Å². The summed E-state index contributed by atoms with van der Waals surface area (Å²) >= 11 is 5.26. The van der Waals surface area contributed by atoms with E-state index in [4.69, 9.17) is 16.1 Å². The van der Waals surface area contributed by atoms with Crippen molar-refractivity contribution in [2.45, 2.75) is 45.3 Å². The Morgan fingerprint density at radius 3 is 2.63 bits per heavy atom. The fourth-order valence-electron chi connectivity index (χ4n) is 2.97. The maximum absolute atomic E-state index is 13.4. The van der Waals surface area contributed by atoms with Crippen LogP contribution in [0, 0.1) is 18.8 Å². The van der Waals surface area contributed by atoms with Crippen molar-refractivity contribution in [3.63, 3.8) is 0 Å². The fourth-order valence-corrected chi connectivity index (χ4v) is 3.09. The third kappa shape index (κ3) is 6.41. The summed E-state index contributed by atoms with van der Waals surface area (Å²) in [4.78, 5) is 49.1. The van der Waals surface area contributed by atoms with Crippen LogP contribution in [0.1, 0.15) is 42.9 Å². The highest BCUT2D eigenvalue weighted by Crippen LogP contribution is 2.14. The summed E-state index contributed by atoms with van der Waals surface area (Å²) < 4.78 is 18.3. The number of aryl methyl sites for hydroxylation is 1. The molecule has 0 bridgehead atoms. The van der Waals surface area contributed by atoms with Gasteiger partial charge in [-0.2, -0.15) is 0 Å². The summed E-state index contributed by atoms with van der Waals surface area (Å²) in [5, 5.41) is 9.43. The van der Waals surface area contributed by atoms with E-state index in [0.717, 1.165) is 0 Å². The van der Waals surface area contributed by atoms with Gasteiger partial charge in [-0.3, -0.25) is 24.6 Å². The van der Waals surface area contributed by atoms with Crippen LogP contribution in [0.25, 0.3) is 0 Å². The first kappa shape index (κ1) is 23.6. The molecule has 0 aliphatic carbocycles. The first-order valence-corrected chi connectivity index (χ1v) is 9.94. The third-order valence-electron chi connectivity index (χ3n) is 4.45. The summed E-state index contributed by atoms with van der Waals surface area (Å²) in [5.74, 6) is -3.07. The zero-order valence-corrected chi connectivity index (χ0v) is 17.7. The van der Waals surface area contributed by atoms with Crippen LogP contribution in [0.4, 0.5) is 4.39 Å². The molecule has 2 rings (SSSR count). The summed E-state index contributed by atoms with van der Waals surface area (Å²) in [6.45, 7) is 5.48. The van der Waals surface area contributed by atoms with Crippen molar-refractivity contribution in [1.29, 1.82) is 0 Å². The number of carbonyl (C=O) groups excluding carboxylic acids is 4. The lowest BCUT2D eigenvalue weighted by Gasteiger charge is -2.28.